The van der Waals surface area contributed by atoms with Crippen molar-refractivity contribution < 1.29 is 0 Å². The third kappa shape index (κ3) is 3.85. The Kier molecular flexibility index (Phi) is 5.40. The Hall–Kier alpha value is -2.73. The predicted octanol–water partition coefficient (Wildman–Crippen LogP) is 4.34. The number of nitrogens with zero attached hydrogens (tertiary/aromatic N) is 4. The largest absolute Gasteiger partial charge is 0.372 e. The zero-order valence-corrected chi connectivity index (χ0v) is 15.2. The minimum absolute atomic E-state index is 0.467. The minimum atomic E-state index is 0.467. The molecule has 128 valence electrons. The summed E-state index contributed by atoms with van der Waals surface area (Å²) in [7, 11) is 0. The number of hydrogen-bond acceptors (Lipinski definition) is 4. The van der Waals surface area contributed by atoms with E-state index in [-0.39, 0.29) is 0 Å². The van der Waals surface area contributed by atoms with E-state index in [1.807, 2.05) is 30.3 Å². The van der Waals surface area contributed by atoms with Crippen LogP contribution in [0.2, 0.25) is 0 Å². The average Bonchev–Trinajstić information content (AvgIpc) is 3.03. The van der Waals surface area contributed by atoms with Gasteiger partial charge in [0, 0.05) is 24.3 Å². The van der Waals surface area contributed by atoms with Crippen LogP contribution in [-0.2, 0) is 0 Å². The zero-order chi connectivity index (χ0) is 17.6. The number of hydrogen-bond donors (Lipinski definition) is 1. The fourth-order valence-corrected chi connectivity index (χ4v) is 2.84. The first-order valence-electron chi connectivity index (χ1n) is 8.35. The lowest BCUT2D eigenvalue weighted by atomic mass is 10.2. The molecule has 0 atom stereocenters. The third-order valence-electron chi connectivity index (χ3n) is 4.03. The molecular formula is C19H21N5S. The van der Waals surface area contributed by atoms with Crippen LogP contribution in [-0.4, -0.2) is 34.2 Å². The predicted molar refractivity (Wildman–Crippen MR) is 106 cm³/mol. The molecule has 0 radical (unpaired) electrons. The number of nitrogens with one attached hydrogen (secondary N) is 1. The van der Waals surface area contributed by atoms with Gasteiger partial charge >= 0.3 is 0 Å². The van der Waals surface area contributed by atoms with Crippen LogP contribution in [0.1, 0.15) is 19.4 Å². The Morgan fingerprint density at radius 3 is 2.40 bits per heavy atom. The van der Waals surface area contributed by atoms with Crippen molar-refractivity contribution in [2.45, 2.75) is 13.8 Å². The van der Waals surface area contributed by atoms with Crippen molar-refractivity contribution >= 4 is 24.1 Å². The van der Waals surface area contributed by atoms with E-state index in [2.05, 4.69) is 58.3 Å². The first-order chi connectivity index (χ1) is 12.2. The number of rotatable bonds is 6. The maximum absolute atomic E-state index is 5.30. The molecule has 0 amide bonds. The van der Waals surface area contributed by atoms with Gasteiger partial charge in [-0.05, 0) is 43.8 Å². The van der Waals surface area contributed by atoms with Crippen LogP contribution < -0.4 is 4.90 Å². The molecule has 5 nitrogen and oxygen atoms in total. The summed E-state index contributed by atoms with van der Waals surface area (Å²) in [6.07, 6.45) is 1.80. The van der Waals surface area contributed by atoms with Crippen LogP contribution in [0.5, 0.6) is 0 Å². The Labute approximate surface area is 152 Å². The van der Waals surface area contributed by atoms with Gasteiger partial charge in [0.2, 0.25) is 4.77 Å². The number of aromatic amines is 1. The molecule has 0 fully saturated rings. The number of benzene rings is 2. The highest BCUT2D eigenvalue weighted by molar-refractivity contribution is 7.71. The van der Waals surface area contributed by atoms with Crippen molar-refractivity contribution in [1.82, 2.24) is 14.9 Å². The summed E-state index contributed by atoms with van der Waals surface area (Å²) in [4.78, 5) is 2.31. The highest BCUT2D eigenvalue weighted by atomic mass is 32.1. The molecular weight excluding hydrogens is 330 g/mol. The topological polar surface area (TPSA) is 49.2 Å². The Balaban J connectivity index is 1.86. The highest BCUT2D eigenvalue weighted by Crippen LogP contribution is 2.17. The summed E-state index contributed by atoms with van der Waals surface area (Å²) >= 11 is 5.30. The molecule has 0 spiro atoms. The molecule has 0 saturated heterocycles. The molecule has 3 aromatic rings. The van der Waals surface area contributed by atoms with E-state index >= 15 is 0 Å². The quantitative estimate of drug-likeness (QED) is 0.531. The highest BCUT2D eigenvalue weighted by Gasteiger charge is 2.07. The van der Waals surface area contributed by atoms with Crippen molar-refractivity contribution in [3.05, 3.63) is 64.9 Å². The van der Waals surface area contributed by atoms with Crippen LogP contribution in [0, 0.1) is 4.77 Å². The lowest BCUT2D eigenvalue weighted by Gasteiger charge is -2.20. The van der Waals surface area contributed by atoms with Gasteiger partial charge in [-0.1, -0.05) is 42.5 Å². The Bertz CT molecular complexity index is 890. The van der Waals surface area contributed by atoms with Crippen molar-refractivity contribution in [2.75, 3.05) is 18.0 Å². The van der Waals surface area contributed by atoms with E-state index in [1.54, 1.807) is 10.9 Å². The van der Waals surface area contributed by atoms with Gasteiger partial charge in [0.15, 0.2) is 5.82 Å². The molecule has 1 N–H and O–H groups in total. The van der Waals surface area contributed by atoms with Crippen LogP contribution >= 0.6 is 12.2 Å². The Morgan fingerprint density at radius 1 is 1.08 bits per heavy atom. The van der Waals surface area contributed by atoms with Gasteiger partial charge in [-0.15, -0.1) is 0 Å². The molecule has 0 saturated carbocycles. The Morgan fingerprint density at radius 2 is 1.76 bits per heavy atom. The van der Waals surface area contributed by atoms with E-state index < -0.39 is 0 Å². The van der Waals surface area contributed by atoms with Crippen LogP contribution in [0.4, 0.5) is 5.69 Å². The second-order valence-electron chi connectivity index (χ2n) is 5.54. The standard InChI is InChI=1S/C19H21N5S/c1-3-23(4-2)17-12-10-15(11-13-17)14-20-24-18(21-22-19(24)25)16-8-6-5-7-9-16/h5-14H,3-4H2,1-2H3,(H,22,25). The SMILES string of the molecule is CCN(CC)c1ccc(C=Nn2c(-c3ccccc3)n[nH]c2=S)cc1. The van der Waals surface area contributed by atoms with Crippen molar-refractivity contribution in [1.29, 1.82) is 0 Å². The molecule has 25 heavy (non-hydrogen) atoms. The summed E-state index contributed by atoms with van der Waals surface area (Å²) in [6.45, 7) is 6.30. The minimum Gasteiger partial charge on any atom is -0.372 e. The van der Waals surface area contributed by atoms with Crippen LogP contribution in [0.15, 0.2) is 59.7 Å². The zero-order valence-electron chi connectivity index (χ0n) is 14.4. The average molecular weight is 351 g/mol. The lowest BCUT2D eigenvalue weighted by molar-refractivity contribution is 0.865. The summed E-state index contributed by atoms with van der Waals surface area (Å²) < 4.78 is 2.11. The van der Waals surface area contributed by atoms with E-state index in [4.69, 9.17) is 12.2 Å². The van der Waals surface area contributed by atoms with Gasteiger partial charge < -0.3 is 4.90 Å². The number of H-pyrrole nitrogens is 1. The van der Waals surface area contributed by atoms with Gasteiger partial charge in [-0.25, -0.2) is 5.10 Å². The van der Waals surface area contributed by atoms with E-state index in [9.17, 15) is 0 Å². The molecule has 0 aliphatic rings. The van der Waals surface area contributed by atoms with Gasteiger partial charge in [0.1, 0.15) is 0 Å². The monoisotopic (exact) mass is 351 g/mol. The second kappa shape index (κ2) is 7.90. The maximum Gasteiger partial charge on any atom is 0.216 e. The molecule has 0 bridgehead atoms. The molecule has 2 aromatic carbocycles. The van der Waals surface area contributed by atoms with E-state index in [1.165, 1.54) is 5.69 Å². The first kappa shape index (κ1) is 17.1. The first-order valence-corrected chi connectivity index (χ1v) is 8.76. The van der Waals surface area contributed by atoms with Crippen LogP contribution in [0.25, 0.3) is 11.4 Å². The summed E-state index contributed by atoms with van der Waals surface area (Å²) in [5, 5.41) is 11.6. The van der Waals surface area contributed by atoms with E-state index in [0.717, 1.165) is 24.2 Å². The molecule has 6 heteroatoms. The number of aromatic nitrogens is 3. The van der Waals surface area contributed by atoms with Crippen molar-refractivity contribution in [2.24, 2.45) is 5.10 Å². The summed E-state index contributed by atoms with van der Waals surface area (Å²) in [5.74, 6) is 0.696. The smallest absolute Gasteiger partial charge is 0.216 e. The maximum atomic E-state index is 5.30. The van der Waals surface area contributed by atoms with Gasteiger partial charge in [-0.2, -0.15) is 14.9 Å². The molecule has 1 heterocycles. The van der Waals surface area contributed by atoms with Crippen molar-refractivity contribution in [3.8, 4) is 11.4 Å². The second-order valence-corrected chi connectivity index (χ2v) is 5.93. The van der Waals surface area contributed by atoms with E-state index in [0.29, 0.717) is 10.6 Å². The molecule has 0 aliphatic carbocycles. The molecule has 3 rings (SSSR count). The lowest BCUT2D eigenvalue weighted by Crippen LogP contribution is -2.21. The summed E-state index contributed by atoms with van der Waals surface area (Å²) in [5.41, 5.74) is 3.19. The fourth-order valence-electron chi connectivity index (χ4n) is 2.66. The molecule has 1 aromatic heterocycles. The molecule has 0 aliphatic heterocycles. The number of anilines is 1. The van der Waals surface area contributed by atoms with Gasteiger partial charge in [0.25, 0.3) is 0 Å². The van der Waals surface area contributed by atoms with Crippen molar-refractivity contribution in [3.63, 3.8) is 0 Å². The van der Waals surface area contributed by atoms with Gasteiger partial charge in [-0.3, -0.25) is 0 Å². The molecule has 0 unspecified atom stereocenters. The van der Waals surface area contributed by atoms with Gasteiger partial charge in [0.05, 0.1) is 6.21 Å². The fraction of sp³-hybridized carbons (Fsp3) is 0.211. The normalized spacial score (nSPS) is 11.1. The van der Waals surface area contributed by atoms with Crippen LogP contribution in [0.3, 0.4) is 0 Å². The summed E-state index contributed by atoms with van der Waals surface area (Å²) in [6, 6.07) is 18.2. The third-order valence-corrected chi connectivity index (χ3v) is 4.29.